The molecule has 2 unspecified atom stereocenters. The Morgan fingerprint density at radius 2 is 1.56 bits per heavy atom. The first-order valence-corrected chi connectivity index (χ1v) is 5.93. The van der Waals surface area contributed by atoms with Crippen molar-refractivity contribution in [1.29, 1.82) is 0 Å². The van der Waals surface area contributed by atoms with E-state index in [9.17, 15) is 13.5 Å². The second-order valence-electron chi connectivity index (χ2n) is 3.51. The van der Waals surface area contributed by atoms with E-state index in [0.717, 1.165) is 0 Å². The van der Waals surface area contributed by atoms with Gasteiger partial charge in [0.1, 0.15) is 0 Å². The zero-order valence-corrected chi connectivity index (χ0v) is 9.55. The van der Waals surface area contributed by atoms with E-state index < -0.39 is 46.8 Å². The fourth-order valence-corrected chi connectivity index (χ4v) is 2.13. The molecule has 0 aromatic carbocycles. The Bertz CT molecular complexity index is 292. The summed E-state index contributed by atoms with van der Waals surface area (Å²) < 4.78 is 30.6. The van der Waals surface area contributed by atoms with Crippen molar-refractivity contribution in [1.82, 2.24) is 5.32 Å². The predicted molar refractivity (Wildman–Crippen MR) is 54.1 cm³/mol. The first kappa shape index (κ1) is 15.7. The fraction of sp³-hybridized carbons (Fsp3) is 1.00. The highest BCUT2D eigenvalue weighted by molar-refractivity contribution is 7.86. The smallest absolute Gasteiger partial charge is 0.283 e. The highest BCUT2D eigenvalue weighted by Crippen LogP contribution is 2.24. The van der Waals surface area contributed by atoms with E-state index in [1.165, 1.54) is 7.05 Å². The molecule has 16 heavy (non-hydrogen) atoms. The molecule has 8 nitrogen and oxygen atoms in total. The summed E-state index contributed by atoms with van der Waals surface area (Å²) >= 11 is 0. The molecule has 0 spiro atoms. The maximum absolute atomic E-state index is 10.9. The first-order chi connectivity index (χ1) is 7.29. The molecule has 0 saturated heterocycles. The van der Waals surface area contributed by atoms with Gasteiger partial charge in [-0.05, 0) is 7.05 Å². The molecule has 6 N–H and O–H groups in total. The van der Waals surface area contributed by atoms with Crippen LogP contribution in [0.3, 0.4) is 0 Å². The third kappa shape index (κ3) is 3.10. The van der Waals surface area contributed by atoms with Crippen LogP contribution >= 0.6 is 0 Å². The second-order valence-corrected chi connectivity index (χ2v) is 5.04. The largest absolute Gasteiger partial charge is 0.396 e. The van der Waals surface area contributed by atoms with Crippen LogP contribution in [0.5, 0.6) is 0 Å². The van der Waals surface area contributed by atoms with Gasteiger partial charge >= 0.3 is 0 Å². The Morgan fingerprint density at radius 3 is 1.75 bits per heavy atom. The maximum Gasteiger partial charge on any atom is 0.283 e. The summed E-state index contributed by atoms with van der Waals surface area (Å²) in [5, 5.41) is 36.9. The standard InChI is InChI=1S/C7H17NO7S/c1-8-6(16(13,14)15)5(12)7(2-9,3-10)4-11/h5-6,8-12H,2-4H2,1H3,(H,13,14,15). The van der Waals surface area contributed by atoms with E-state index in [0.29, 0.717) is 0 Å². The summed E-state index contributed by atoms with van der Waals surface area (Å²) in [6.07, 6.45) is -1.87. The molecule has 0 radical (unpaired) electrons. The summed E-state index contributed by atoms with van der Waals surface area (Å²) in [6, 6.07) is 0. The van der Waals surface area contributed by atoms with Gasteiger partial charge in [0, 0.05) is 0 Å². The second kappa shape index (κ2) is 5.87. The van der Waals surface area contributed by atoms with Gasteiger partial charge in [-0.1, -0.05) is 0 Å². The summed E-state index contributed by atoms with van der Waals surface area (Å²) in [5.41, 5.74) is -1.82. The lowest BCUT2D eigenvalue weighted by Gasteiger charge is -2.35. The maximum atomic E-state index is 10.9. The van der Waals surface area contributed by atoms with Crippen LogP contribution in [0, 0.1) is 5.41 Å². The average molecular weight is 259 g/mol. The van der Waals surface area contributed by atoms with Gasteiger partial charge in [-0.3, -0.25) is 4.55 Å². The van der Waals surface area contributed by atoms with Crippen molar-refractivity contribution in [2.75, 3.05) is 26.9 Å². The summed E-state index contributed by atoms with van der Waals surface area (Å²) in [7, 11) is -3.46. The van der Waals surface area contributed by atoms with Crippen LogP contribution in [-0.2, 0) is 10.1 Å². The molecule has 0 aromatic heterocycles. The minimum absolute atomic E-state index is 0.838. The van der Waals surface area contributed by atoms with Gasteiger partial charge in [0.2, 0.25) is 0 Å². The van der Waals surface area contributed by atoms with Gasteiger partial charge in [0.25, 0.3) is 10.1 Å². The minimum Gasteiger partial charge on any atom is -0.396 e. The molecule has 9 heteroatoms. The average Bonchev–Trinajstić information content (AvgIpc) is 2.20. The van der Waals surface area contributed by atoms with Crippen LogP contribution in [0.1, 0.15) is 0 Å². The van der Waals surface area contributed by atoms with E-state index in [-0.39, 0.29) is 0 Å². The highest BCUT2D eigenvalue weighted by atomic mass is 32.2. The monoisotopic (exact) mass is 259 g/mol. The van der Waals surface area contributed by atoms with Crippen molar-refractivity contribution in [2.45, 2.75) is 11.5 Å². The Labute approximate surface area is 93.3 Å². The molecule has 0 amide bonds. The molecule has 0 aromatic rings. The Balaban J connectivity index is 5.20. The molecule has 0 rings (SSSR count). The van der Waals surface area contributed by atoms with Crippen LogP contribution in [0.15, 0.2) is 0 Å². The normalized spacial score (nSPS) is 17.1. The minimum atomic E-state index is -4.62. The molecule has 98 valence electrons. The summed E-state index contributed by atoms with van der Waals surface area (Å²) in [4.78, 5) is 0. The van der Waals surface area contributed by atoms with E-state index in [4.69, 9.17) is 19.9 Å². The number of hydrogen-bond acceptors (Lipinski definition) is 7. The zero-order valence-electron chi connectivity index (χ0n) is 8.74. The van der Waals surface area contributed by atoms with Crippen LogP contribution in [0.2, 0.25) is 0 Å². The molecule has 0 aliphatic carbocycles. The van der Waals surface area contributed by atoms with Gasteiger partial charge < -0.3 is 25.7 Å². The third-order valence-electron chi connectivity index (χ3n) is 2.46. The predicted octanol–water partition coefficient (Wildman–Crippen LogP) is -3.26. The van der Waals surface area contributed by atoms with Gasteiger partial charge in [0.15, 0.2) is 5.37 Å². The van der Waals surface area contributed by atoms with Crippen LogP contribution < -0.4 is 5.32 Å². The molecule has 0 fully saturated rings. The Kier molecular flexibility index (Phi) is 5.76. The lowest BCUT2D eigenvalue weighted by Crippen LogP contribution is -2.57. The van der Waals surface area contributed by atoms with Crippen molar-refractivity contribution < 1.29 is 33.4 Å². The molecule has 0 aliphatic rings. The van der Waals surface area contributed by atoms with E-state index in [2.05, 4.69) is 5.32 Å². The van der Waals surface area contributed by atoms with Crippen molar-refractivity contribution in [2.24, 2.45) is 5.41 Å². The quantitative estimate of drug-likeness (QED) is 0.261. The lowest BCUT2D eigenvalue weighted by molar-refractivity contribution is -0.0867. The summed E-state index contributed by atoms with van der Waals surface area (Å²) in [5.74, 6) is 0. The van der Waals surface area contributed by atoms with Crippen LogP contribution in [0.25, 0.3) is 0 Å². The van der Waals surface area contributed by atoms with Crippen molar-refractivity contribution in [3.8, 4) is 0 Å². The number of aliphatic hydroxyl groups is 4. The number of likely N-dealkylation sites (N-methyl/N-ethyl adjacent to an activating group) is 1. The third-order valence-corrected chi connectivity index (χ3v) is 3.60. The Morgan fingerprint density at radius 1 is 1.19 bits per heavy atom. The number of hydrogen-bond donors (Lipinski definition) is 6. The molecule has 0 saturated carbocycles. The van der Waals surface area contributed by atoms with Crippen molar-refractivity contribution in [3.05, 3.63) is 0 Å². The number of rotatable bonds is 7. The highest BCUT2D eigenvalue weighted by Gasteiger charge is 2.45. The molecule has 0 heterocycles. The van der Waals surface area contributed by atoms with Crippen molar-refractivity contribution in [3.63, 3.8) is 0 Å². The summed E-state index contributed by atoms with van der Waals surface area (Å²) in [6.45, 7) is -2.52. The molecular weight excluding hydrogens is 242 g/mol. The molecule has 2 atom stereocenters. The van der Waals surface area contributed by atoms with E-state index >= 15 is 0 Å². The van der Waals surface area contributed by atoms with Gasteiger partial charge in [0.05, 0.1) is 31.3 Å². The first-order valence-electron chi connectivity index (χ1n) is 4.43. The molecule has 0 aliphatic heterocycles. The molecule has 0 bridgehead atoms. The molecular formula is C7H17NO7S. The van der Waals surface area contributed by atoms with Gasteiger partial charge in [-0.25, -0.2) is 0 Å². The topological polar surface area (TPSA) is 147 Å². The fourth-order valence-electron chi connectivity index (χ4n) is 1.22. The number of aliphatic hydroxyl groups excluding tert-OH is 4. The number of nitrogens with one attached hydrogen (secondary N) is 1. The van der Waals surface area contributed by atoms with Crippen LogP contribution in [-0.4, -0.2) is 71.7 Å². The zero-order chi connectivity index (χ0) is 13.0. The van der Waals surface area contributed by atoms with E-state index in [1.54, 1.807) is 0 Å². The van der Waals surface area contributed by atoms with Gasteiger partial charge in [-0.15, -0.1) is 0 Å². The SMILES string of the molecule is CNC(C(O)C(CO)(CO)CO)S(=O)(=O)O. The Hall–Kier alpha value is -0.290. The van der Waals surface area contributed by atoms with Crippen molar-refractivity contribution >= 4 is 10.1 Å². The lowest BCUT2D eigenvalue weighted by atomic mass is 9.84. The van der Waals surface area contributed by atoms with E-state index in [1.807, 2.05) is 0 Å². The van der Waals surface area contributed by atoms with Crippen LogP contribution in [0.4, 0.5) is 0 Å². The van der Waals surface area contributed by atoms with Gasteiger partial charge in [-0.2, -0.15) is 8.42 Å².